The minimum atomic E-state index is 0.573. The topological polar surface area (TPSA) is 47.7 Å². The van der Waals surface area contributed by atoms with Gasteiger partial charge in [0.25, 0.3) is 0 Å². The Morgan fingerprint density at radius 3 is 2.56 bits per heavy atom. The lowest BCUT2D eigenvalue weighted by Crippen LogP contribution is -2.29. The third-order valence-electron chi connectivity index (χ3n) is 2.85. The molecule has 18 heavy (non-hydrogen) atoms. The van der Waals surface area contributed by atoms with Crippen molar-refractivity contribution in [2.45, 2.75) is 13.0 Å². The summed E-state index contributed by atoms with van der Waals surface area (Å²) in [6.07, 6.45) is 1.01. The highest BCUT2D eigenvalue weighted by atomic mass is 16.5. The molecule has 1 aromatic rings. The van der Waals surface area contributed by atoms with Crippen LogP contribution in [0.15, 0.2) is 24.3 Å². The highest BCUT2D eigenvalue weighted by Gasteiger charge is 2.06. The van der Waals surface area contributed by atoms with Crippen molar-refractivity contribution in [2.75, 3.05) is 45.4 Å². The van der Waals surface area contributed by atoms with E-state index in [1.54, 1.807) is 14.2 Å². The highest BCUT2D eigenvalue weighted by molar-refractivity contribution is 5.48. The van der Waals surface area contributed by atoms with E-state index < -0.39 is 0 Å². The van der Waals surface area contributed by atoms with E-state index in [0.29, 0.717) is 6.54 Å². The molecule has 4 heteroatoms. The Bertz CT molecular complexity index is 331. The molecule has 0 aliphatic heterocycles. The normalized spacial score (nSPS) is 10.6. The van der Waals surface area contributed by atoms with E-state index in [0.717, 1.165) is 38.3 Å². The molecule has 2 N–H and O–H groups in total. The monoisotopic (exact) mass is 252 g/mol. The van der Waals surface area contributed by atoms with E-state index in [1.165, 1.54) is 5.69 Å². The van der Waals surface area contributed by atoms with Gasteiger partial charge in [0, 0.05) is 46.1 Å². The Hall–Kier alpha value is -1.10. The van der Waals surface area contributed by atoms with Crippen molar-refractivity contribution in [3.63, 3.8) is 0 Å². The molecule has 0 amide bonds. The Morgan fingerprint density at radius 2 is 1.89 bits per heavy atom. The number of hydrogen-bond donors (Lipinski definition) is 1. The summed E-state index contributed by atoms with van der Waals surface area (Å²) in [4.78, 5) is 2.31. The van der Waals surface area contributed by atoms with E-state index in [1.807, 2.05) is 12.1 Å². The lowest BCUT2D eigenvalue weighted by molar-refractivity contribution is 0.191. The summed E-state index contributed by atoms with van der Waals surface area (Å²) < 4.78 is 10.3. The zero-order chi connectivity index (χ0) is 13.2. The van der Waals surface area contributed by atoms with Gasteiger partial charge in [0.1, 0.15) is 0 Å². The van der Waals surface area contributed by atoms with Crippen LogP contribution in [0.1, 0.15) is 12.0 Å². The molecule has 0 aliphatic carbocycles. The van der Waals surface area contributed by atoms with Crippen molar-refractivity contribution < 1.29 is 9.47 Å². The standard InChI is InChI=1S/C14H24N2O2/c1-17-9-4-7-16(8-10-18-2)14-6-3-5-13(11-14)12-15/h3,5-6,11H,4,7-10,12,15H2,1-2H3. The molecule has 0 saturated heterocycles. The van der Waals surface area contributed by atoms with Crippen LogP contribution in [-0.2, 0) is 16.0 Å². The minimum absolute atomic E-state index is 0.573. The Kier molecular flexibility index (Phi) is 7.41. The zero-order valence-electron chi connectivity index (χ0n) is 11.4. The molecule has 0 unspecified atom stereocenters. The molecule has 0 aliphatic rings. The maximum Gasteiger partial charge on any atom is 0.0637 e. The van der Waals surface area contributed by atoms with Crippen LogP contribution in [0, 0.1) is 0 Å². The van der Waals surface area contributed by atoms with Crippen LogP contribution >= 0.6 is 0 Å². The number of benzene rings is 1. The molecule has 0 radical (unpaired) electrons. The van der Waals surface area contributed by atoms with Gasteiger partial charge in [-0.2, -0.15) is 0 Å². The summed E-state index contributed by atoms with van der Waals surface area (Å²) in [5, 5.41) is 0. The van der Waals surface area contributed by atoms with Gasteiger partial charge < -0.3 is 20.1 Å². The summed E-state index contributed by atoms with van der Waals surface area (Å²) in [5.74, 6) is 0. The fourth-order valence-electron chi connectivity index (χ4n) is 1.85. The first kappa shape index (κ1) is 15.0. The van der Waals surface area contributed by atoms with E-state index >= 15 is 0 Å². The van der Waals surface area contributed by atoms with E-state index in [9.17, 15) is 0 Å². The average Bonchev–Trinajstić information content (AvgIpc) is 2.42. The second kappa shape index (κ2) is 8.91. The SMILES string of the molecule is COCCCN(CCOC)c1cccc(CN)c1. The molecule has 0 fully saturated rings. The van der Waals surface area contributed by atoms with Gasteiger partial charge in [0.2, 0.25) is 0 Å². The van der Waals surface area contributed by atoms with Crippen molar-refractivity contribution >= 4 is 5.69 Å². The van der Waals surface area contributed by atoms with Crippen molar-refractivity contribution in [3.05, 3.63) is 29.8 Å². The Morgan fingerprint density at radius 1 is 1.11 bits per heavy atom. The molecule has 0 spiro atoms. The molecule has 0 saturated carbocycles. The summed E-state index contributed by atoms with van der Waals surface area (Å²) in [5.41, 5.74) is 8.03. The minimum Gasteiger partial charge on any atom is -0.385 e. The van der Waals surface area contributed by atoms with Crippen LogP contribution in [0.4, 0.5) is 5.69 Å². The molecule has 0 atom stereocenters. The summed E-state index contributed by atoms with van der Waals surface area (Å²) in [7, 11) is 3.46. The first-order chi connectivity index (χ1) is 8.81. The summed E-state index contributed by atoms with van der Waals surface area (Å²) in [6.45, 7) is 3.92. The number of nitrogens with two attached hydrogens (primary N) is 1. The predicted octanol–water partition coefficient (Wildman–Crippen LogP) is 1.63. The van der Waals surface area contributed by atoms with Gasteiger partial charge in [-0.1, -0.05) is 12.1 Å². The molecule has 1 aromatic carbocycles. The number of nitrogens with zero attached hydrogens (tertiary/aromatic N) is 1. The lowest BCUT2D eigenvalue weighted by Gasteiger charge is -2.25. The van der Waals surface area contributed by atoms with E-state index in [-0.39, 0.29) is 0 Å². The molecular weight excluding hydrogens is 228 g/mol. The van der Waals surface area contributed by atoms with Crippen LogP contribution < -0.4 is 10.6 Å². The van der Waals surface area contributed by atoms with E-state index in [2.05, 4.69) is 17.0 Å². The number of hydrogen-bond acceptors (Lipinski definition) is 4. The summed E-state index contributed by atoms with van der Waals surface area (Å²) >= 11 is 0. The van der Waals surface area contributed by atoms with Gasteiger partial charge in [-0.25, -0.2) is 0 Å². The maximum absolute atomic E-state index is 5.68. The van der Waals surface area contributed by atoms with Crippen LogP contribution in [0.5, 0.6) is 0 Å². The number of ether oxygens (including phenoxy) is 2. The second-order valence-corrected chi connectivity index (χ2v) is 4.20. The van der Waals surface area contributed by atoms with Crippen LogP contribution in [0.3, 0.4) is 0 Å². The third kappa shape index (κ3) is 5.04. The molecule has 102 valence electrons. The summed E-state index contributed by atoms with van der Waals surface area (Å²) in [6, 6.07) is 8.35. The maximum atomic E-state index is 5.68. The highest BCUT2D eigenvalue weighted by Crippen LogP contribution is 2.16. The fourth-order valence-corrected chi connectivity index (χ4v) is 1.85. The predicted molar refractivity (Wildman–Crippen MR) is 74.9 cm³/mol. The van der Waals surface area contributed by atoms with Gasteiger partial charge in [-0.3, -0.25) is 0 Å². The fraction of sp³-hybridized carbons (Fsp3) is 0.571. The average molecular weight is 252 g/mol. The number of anilines is 1. The Labute approximate surface area is 110 Å². The largest absolute Gasteiger partial charge is 0.385 e. The molecular formula is C14H24N2O2. The van der Waals surface area contributed by atoms with Crippen molar-refractivity contribution in [1.82, 2.24) is 0 Å². The van der Waals surface area contributed by atoms with Gasteiger partial charge in [0.15, 0.2) is 0 Å². The van der Waals surface area contributed by atoms with E-state index in [4.69, 9.17) is 15.2 Å². The van der Waals surface area contributed by atoms with Crippen LogP contribution in [0.25, 0.3) is 0 Å². The quantitative estimate of drug-likeness (QED) is 0.679. The van der Waals surface area contributed by atoms with Gasteiger partial charge in [-0.05, 0) is 24.1 Å². The molecule has 0 aromatic heterocycles. The second-order valence-electron chi connectivity index (χ2n) is 4.20. The van der Waals surface area contributed by atoms with Gasteiger partial charge in [0.05, 0.1) is 6.61 Å². The molecule has 1 rings (SSSR count). The van der Waals surface area contributed by atoms with Crippen LogP contribution in [0.2, 0.25) is 0 Å². The van der Waals surface area contributed by atoms with Gasteiger partial charge in [-0.15, -0.1) is 0 Å². The molecule has 0 heterocycles. The van der Waals surface area contributed by atoms with Gasteiger partial charge >= 0.3 is 0 Å². The number of rotatable bonds is 9. The van der Waals surface area contributed by atoms with Crippen LogP contribution in [-0.4, -0.2) is 40.5 Å². The zero-order valence-corrected chi connectivity index (χ0v) is 11.4. The first-order valence-corrected chi connectivity index (χ1v) is 6.33. The third-order valence-corrected chi connectivity index (χ3v) is 2.85. The number of methoxy groups -OCH3 is 2. The van der Waals surface area contributed by atoms with Crippen molar-refractivity contribution in [1.29, 1.82) is 0 Å². The lowest BCUT2D eigenvalue weighted by atomic mass is 10.2. The molecule has 4 nitrogen and oxygen atoms in total. The van der Waals surface area contributed by atoms with Crippen molar-refractivity contribution in [3.8, 4) is 0 Å². The van der Waals surface area contributed by atoms with Crippen molar-refractivity contribution in [2.24, 2.45) is 5.73 Å². The first-order valence-electron chi connectivity index (χ1n) is 6.33. The smallest absolute Gasteiger partial charge is 0.0637 e. The molecule has 0 bridgehead atoms. The Balaban J connectivity index is 2.66.